The van der Waals surface area contributed by atoms with Gasteiger partial charge < -0.3 is 5.11 Å². The van der Waals surface area contributed by atoms with Crippen molar-refractivity contribution in [2.45, 2.75) is 11.4 Å². The number of halogens is 1. The average Bonchev–Trinajstić information content (AvgIpc) is 2.68. The van der Waals surface area contributed by atoms with Gasteiger partial charge in [0, 0.05) is 5.75 Å². The summed E-state index contributed by atoms with van der Waals surface area (Å²) in [5.41, 5.74) is 1.14. The maximum absolute atomic E-state index is 10.7. The zero-order valence-corrected chi connectivity index (χ0v) is 9.55. The van der Waals surface area contributed by atoms with Crippen molar-refractivity contribution in [2.24, 2.45) is 0 Å². The number of thioether (sulfide) groups is 1. The smallest absolute Gasteiger partial charge is 0.321 e. The lowest BCUT2D eigenvalue weighted by molar-refractivity contribution is -0.138. The molecule has 1 fully saturated rings. The molecule has 15 heavy (non-hydrogen) atoms. The van der Waals surface area contributed by atoms with E-state index in [0.717, 1.165) is 5.56 Å². The fourth-order valence-corrected chi connectivity index (χ4v) is 2.67. The van der Waals surface area contributed by atoms with Gasteiger partial charge in [-0.2, -0.15) is 0 Å². The van der Waals surface area contributed by atoms with Crippen LogP contribution in [0.5, 0.6) is 0 Å². The van der Waals surface area contributed by atoms with E-state index in [-0.39, 0.29) is 17.8 Å². The minimum absolute atomic E-state index is 0. The van der Waals surface area contributed by atoms with Gasteiger partial charge in [-0.15, -0.1) is 24.2 Å². The van der Waals surface area contributed by atoms with Gasteiger partial charge in [0.05, 0.1) is 5.37 Å². The first-order valence-corrected chi connectivity index (χ1v) is 5.47. The molecule has 3 nitrogen and oxygen atoms in total. The van der Waals surface area contributed by atoms with Crippen LogP contribution in [0.4, 0.5) is 0 Å². The summed E-state index contributed by atoms with van der Waals surface area (Å²) in [5.74, 6) is -0.134. The van der Waals surface area contributed by atoms with Gasteiger partial charge in [0.2, 0.25) is 0 Å². The van der Waals surface area contributed by atoms with E-state index in [1.807, 2.05) is 30.3 Å². The highest BCUT2D eigenvalue weighted by molar-refractivity contribution is 7.99. The molecular formula is C10H12ClNO2S. The number of hydrogen-bond acceptors (Lipinski definition) is 3. The van der Waals surface area contributed by atoms with Gasteiger partial charge in [-0.25, -0.2) is 0 Å². The molecule has 1 aromatic rings. The maximum atomic E-state index is 10.7. The highest BCUT2D eigenvalue weighted by atomic mass is 35.5. The quantitative estimate of drug-likeness (QED) is 0.836. The highest BCUT2D eigenvalue weighted by Crippen LogP contribution is 2.32. The lowest BCUT2D eigenvalue weighted by Crippen LogP contribution is -2.33. The third kappa shape index (κ3) is 2.87. The van der Waals surface area contributed by atoms with Crippen LogP contribution in [0.2, 0.25) is 0 Å². The number of carboxylic acids is 1. The standard InChI is InChI=1S/C10H11NO2S.ClH/c12-10(13)8-6-14-9(11-8)7-4-2-1-3-5-7;/h1-5,8-9,11H,6H2,(H,12,13);1H. The molecule has 82 valence electrons. The predicted molar refractivity (Wildman–Crippen MR) is 63.4 cm³/mol. The minimum Gasteiger partial charge on any atom is -0.480 e. The van der Waals surface area contributed by atoms with Crippen LogP contribution in [-0.4, -0.2) is 22.9 Å². The number of aliphatic carboxylic acids is 1. The second kappa shape index (κ2) is 5.39. The molecule has 0 amide bonds. The average molecular weight is 246 g/mol. The molecule has 2 atom stereocenters. The number of carboxylic acid groups (broad SMARTS) is 1. The number of rotatable bonds is 2. The summed E-state index contributed by atoms with van der Waals surface area (Å²) in [6.45, 7) is 0. The fraction of sp³-hybridized carbons (Fsp3) is 0.300. The molecule has 2 unspecified atom stereocenters. The molecular weight excluding hydrogens is 234 g/mol. The molecule has 0 aliphatic carbocycles. The van der Waals surface area contributed by atoms with Crippen molar-refractivity contribution >= 4 is 30.1 Å². The first kappa shape index (κ1) is 12.4. The number of benzene rings is 1. The Balaban J connectivity index is 0.00000112. The number of hydrogen-bond donors (Lipinski definition) is 2. The van der Waals surface area contributed by atoms with E-state index < -0.39 is 12.0 Å². The summed E-state index contributed by atoms with van der Waals surface area (Å²) >= 11 is 1.64. The zero-order chi connectivity index (χ0) is 9.97. The van der Waals surface area contributed by atoms with E-state index in [9.17, 15) is 4.79 Å². The van der Waals surface area contributed by atoms with Gasteiger partial charge >= 0.3 is 5.97 Å². The molecule has 0 aromatic heterocycles. The Morgan fingerprint density at radius 1 is 1.40 bits per heavy atom. The summed E-state index contributed by atoms with van der Waals surface area (Å²) in [6, 6.07) is 9.49. The Hall–Kier alpha value is -0.710. The summed E-state index contributed by atoms with van der Waals surface area (Å²) in [5, 5.41) is 12.0. The molecule has 1 aromatic carbocycles. The SMILES string of the molecule is Cl.O=C(O)C1CSC(c2ccccc2)N1. The van der Waals surface area contributed by atoms with Crippen molar-refractivity contribution in [1.29, 1.82) is 0 Å². The topological polar surface area (TPSA) is 49.3 Å². The van der Waals surface area contributed by atoms with E-state index in [4.69, 9.17) is 5.11 Å². The van der Waals surface area contributed by atoms with Gasteiger partial charge in [0.15, 0.2) is 0 Å². The number of nitrogens with one attached hydrogen (secondary N) is 1. The molecule has 0 spiro atoms. The van der Waals surface area contributed by atoms with E-state index in [0.29, 0.717) is 5.75 Å². The van der Waals surface area contributed by atoms with Crippen LogP contribution in [0.25, 0.3) is 0 Å². The molecule has 2 rings (SSSR count). The molecule has 0 radical (unpaired) electrons. The Morgan fingerprint density at radius 3 is 2.60 bits per heavy atom. The van der Waals surface area contributed by atoms with Gasteiger partial charge in [-0.1, -0.05) is 30.3 Å². The molecule has 1 aliphatic rings. The normalized spacial score (nSPS) is 24.5. The molecule has 0 saturated carbocycles. The molecule has 1 saturated heterocycles. The summed E-state index contributed by atoms with van der Waals surface area (Å²) in [7, 11) is 0. The van der Waals surface area contributed by atoms with Crippen LogP contribution < -0.4 is 5.32 Å². The fourth-order valence-electron chi connectivity index (χ4n) is 1.43. The zero-order valence-electron chi connectivity index (χ0n) is 7.92. The summed E-state index contributed by atoms with van der Waals surface area (Å²) in [4.78, 5) is 10.7. The van der Waals surface area contributed by atoms with Crippen LogP contribution in [0.3, 0.4) is 0 Å². The van der Waals surface area contributed by atoms with Gasteiger partial charge in [0.25, 0.3) is 0 Å². The van der Waals surface area contributed by atoms with Gasteiger partial charge in [-0.05, 0) is 5.56 Å². The van der Waals surface area contributed by atoms with Crippen molar-refractivity contribution in [3.05, 3.63) is 35.9 Å². The lowest BCUT2D eigenvalue weighted by atomic mass is 10.2. The van der Waals surface area contributed by atoms with Crippen molar-refractivity contribution in [1.82, 2.24) is 5.32 Å². The molecule has 1 aliphatic heterocycles. The Bertz CT molecular complexity index is 333. The van der Waals surface area contributed by atoms with E-state index >= 15 is 0 Å². The van der Waals surface area contributed by atoms with Crippen LogP contribution >= 0.6 is 24.2 Å². The molecule has 5 heteroatoms. The predicted octanol–water partition coefficient (Wildman–Crippen LogP) is 1.90. The van der Waals surface area contributed by atoms with E-state index in [2.05, 4.69) is 5.32 Å². The number of carbonyl (C=O) groups is 1. The molecule has 1 heterocycles. The lowest BCUT2D eigenvalue weighted by Gasteiger charge is -2.10. The van der Waals surface area contributed by atoms with Crippen LogP contribution in [0, 0.1) is 0 Å². The van der Waals surface area contributed by atoms with E-state index in [1.54, 1.807) is 11.8 Å². The van der Waals surface area contributed by atoms with Crippen LogP contribution in [-0.2, 0) is 4.79 Å². The monoisotopic (exact) mass is 245 g/mol. The summed E-state index contributed by atoms with van der Waals surface area (Å²) in [6.07, 6.45) is 0. The summed E-state index contributed by atoms with van der Waals surface area (Å²) < 4.78 is 0. The largest absolute Gasteiger partial charge is 0.480 e. The van der Waals surface area contributed by atoms with Crippen LogP contribution in [0.1, 0.15) is 10.9 Å². The van der Waals surface area contributed by atoms with Crippen molar-refractivity contribution in [3.8, 4) is 0 Å². The third-order valence-corrected chi connectivity index (χ3v) is 3.45. The van der Waals surface area contributed by atoms with Crippen molar-refractivity contribution in [3.63, 3.8) is 0 Å². The van der Waals surface area contributed by atoms with E-state index in [1.165, 1.54) is 0 Å². The Kier molecular flexibility index (Phi) is 4.45. The van der Waals surface area contributed by atoms with Crippen LogP contribution in [0.15, 0.2) is 30.3 Å². The van der Waals surface area contributed by atoms with Crippen molar-refractivity contribution in [2.75, 3.05) is 5.75 Å². The van der Waals surface area contributed by atoms with Gasteiger partial charge in [-0.3, -0.25) is 10.1 Å². The highest BCUT2D eigenvalue weighted by Gasteiger charge is 2.29. The third-order valence-electron chi connectivity index (χ3n) is 2.18. The van der Waals surface area contributed by atoms with Gasteiger partial charge in [0.1, 0.15) is 6.04 Å². The second-order valence-corrected chi connectivity index (χ2v) is 4.32. The first-order valence-electron chi connectivity index (χ1n) is 4.43. The first-order chi connectivity index (χ1) is 6.77. The Labute approximate surface area is 98.7 Å². The molecule has 0 bridgehead atoms. The van der Waals surface area contributed by atoms with Crippen molar-refractivity contribution < 1.29 is 9.90 Å². The minimum atomic E-state index is -0.768. The maximum Gasteiger partial charge on any atom is 0.321 e. The second-order valence-electron chi connectivity index (χ2n) is 3.18. The Morgan fingerprint density at radius 2 is 2.07 bits per heavy atom. The molecule has 2 N–H and O–H groups in total.